The number of rotatable bonds is 9. The second kappa shape index (κ2) is 11.0. The minimum atomic E-state index is -3.95. The van der Waals surface area contributed by atoms with Crippen LogP contribution >= 0.6 is 0 Å². The number of nitrogens with zero attached hydrogens (tertiary/aromatic N) is 2. The summed E-state index contributed by atoms with van der Waals surface area (Å²) in [4.78, 5) is 14.5. The minimum absolute atomic E-state index is 0.0370. The third-order valence-corrected chi connectivity index (χ3v) is 8.12. The second-order valence-electron chi connectivity index (χ2n) is 12.8. The highest BCUT2D eigenvalue weighted by atomic mass is 19.3. The van der Waals surface area contributed by atoms with Crippen molar-refractivity contribution in [1.29, 1.82) is 0 Å². The molecule has 1 saturated carbocycles. The number of carbonyl (C=O) groups excluding carboxylic acids is 1. The minimum Gasteiger partial charge on any atom is -0.494 e. The van der Waals surface area contributed by atoms with E-state index in [1.807, 2.05) is 27.7 Å². The van der Waals surface area contributed by atoms with Crippen LogP contribution in [0.4, 0.5) is 8.78 Å². The van der Waals surface area contributed by atoms with E-state index < -0.39 is 34.3 Å². The predicted molar refractivity (Wildman–Crippen MR) is 141 cm³/mol. The number of methoxy groups -OCH3 is 3. The van der Waals surface area contributed by atoms with Gasteiger partial charge in [0.1, 0.15) is 29.8 Å². The summed E-state index contributed by atoms with van der Waals surface area (Å²) >= 11 is 0. The number of aromatic nitrogens is 1. The SMILES string of the molecule is COC1=C(OC)C(OC)CC(OCc2cc([C@@H]3CCCN3C(=O)C(F)(F)C3(O)CC(C)(C)CC(C)(C)C3)no2)=C1. The summed E-state index contributed by atoms with van der Waals surface area (Å²) in [5.74, 6) is -3.29. The highest BCUT2D eigenvalue weighted by Crippen LogP contribution is 2.55. The van der Waals surface area contributed by atoms with Crippen LogP contribution in [0.2, 0.25) is 0 Å². The van der Waals surface area contributed by atoms with Gasteiger partial charge in [-0.15, -0.1) is 0 Å². The second-order valence-corrected chi connectivity index (χ2v) is 12.8. The Morgan fingerprint density at radius 3 is 2.42 bits per heavy atom. The molecule has 224 valence electrons. The molecule has 1 saturated heterocycles. The molecule has 11 heteroatoms. The van der Waals surface area contributed by atoms with Gasteiger partial charge in [0.05, 0.1) is 20.3 Å². The summed E-state index contributed by atoms with van der Waals surface area (Å²) in [5, 5.41) is 15.4. The molecule has 2 atom stereocenters. The van der Waals surface area contributed by atoms with Gasteiger partial charge < -0.3 is 33.5 Å². The van der Waals surface area contributed by atoms with Crippen LogP contribution < -0.4 is 0 Å². The first-order valence-electron chi connectivity index (χ1n) is 13.7. The van der Waals surface area contributed by atoms with Crippen LogP contribution in [0.25, 0.3) is 0 Å². The van der Waals surface area contributed by atoms with Crippen molar-refractivity contribution in [2.45, 2.75) is 96.5 Å². The number of hydrogen-bond donors (Lipinski definition) is 1. The van der Waals surface area contributed by atoms with Crippen molar-refractivity contribution in [3.05, 3.63) is 40.9 Å². The van der Waals surface area contributed by atoms with Gasteiger partial charge in [-0.3, -0.25) is 4.79 Å². The molecule has 1 unspecified atom stereocenters. The maximum absolute atomic E-state index is 15.9. The molecule has 40 heavy (non-hydrogen) atoms. The van der Waals surface area contributed by atoms with Crippen LogP contribution in [0.1, 0.15) is 83.7 Å². The van der Waals surface area contributed by atoms with Crippen LogP contribution in [-0.4, -0.2) is 66.6 Å². The number of aliphatic hydroxyl groups is 1. The molecule has 2 heterocycles. The van der Waals surface area contributed by atoms with Gasteiger partial charge in [-0.2, -0.15) is 8.78 Å². The predicted octanol–water partition coefficient (Wildman–Crippen LogP) is 5.26. The summed E-state index contributed by atoms with van der Waals surface area (Å²) in [6, 6.07) is 0.948. The van der Waals surface area contributed by atoms with Crippen molar-refractivity contribution < 1.29 is 42.2 Å². The first-order chi connectivity index (χ1) is 18.6. The fourth-order valence-electron chi connectivity index (χ4n) is 7.10. The Bertz CT molecular complexity index is 1140. The number of hydrogen-bond acceptors (Lipinski definition) is 8. The number of carbonyl (C=O) groups is 1. The smallest absolute Gasteiger partial charge is 0.352 e. The lowest BCUT2D eigenvalue weighted by atomic mass is 9.58. The average molecular weight is 569 g/mol. The highest BCUT2D eigenvalue weighted by Gasteiger charge is 2.65. The zero-order valence-electron chi connectivity index (χ0n) is 24.5. The van der Waals surface area contributed by atoms with E-state index in [1.54, 1.807) is 26.4 Å². The van der Waals surface area contributed by atoms with E-state index >= 15 is 8.78 Å². The zero-order chi connectivity index (χ0) is 29.5. The first kappa shape index (κ1) is 30.3. The molecular weight excluding hydrogens is 526 g/mol. The molecule has 1 aliphatic heterocycles. The number of likely N-dealkylation sites (tertiary alicyclic amines) is 1. The van der Waals surface area contributed by atoms with Crippen molar-refractivity contribution >= 4 is 5.91 Å². The summed E-state index contributed by atoms with van der Waals surface area (Å²) < 4.78 is 59.4. The number of halogens is 2. The van der Waals surface area contributed by atoms with Crippen LogP contribution in [-0.2, 0) is 30.3 Å². The van der Waals surface area contributed by atoms with Gasteiger partial charge >= 0.3 is 5.92 Å². The van der Waals surface area contributed by atoms with E-state index in [4.69, 9.17) is 23.5 Å². The van der Waals surface area contributed by atoms with Crippen molar-refractivity contribution in [3.8, 4) is 0 Å². The maximum atomic E-state index is 15.9. The Kier molecular flexibility index (Phi) is 8.31. The maximum Gasteiger partial charge on any atom is 0.352 e. The quantitative estimate of drug-likeness (QED) is 0.430. The largest absolute Gasteiger partial charge is 0.494 e. The molecule has 0 spiro atoms. The molecule has 2 fully saturated rings. The van der Waals surface area contributed by atoms with Gasteiger partial charge in [0.25, 0.3) is 5.91 Å². The Labute approximate surface area is 234 Å². The fourth-order valence-corrected chi connectivity index (χ4v) is 7.10. The van der Waals surface area contributed by atoms with E-state index in [0.29, 0.717) is 54.4 Å². The lowest BCUT2D eigenvalue weighted by molar-refractivity contribution is -0.231. The molecule has 9 nitrogen and oxygen atoms in total. The number of alkyl halides is 2. The number of amides is 1. The lowest BCUT2D eigenvalue weighted by Gasteiger charge is -2.51. The molecule has 2 aliphatic carbocycles. The van der Waals surface area contributed by atoms with Crippen molar-refractivity contribution in [3.63, 3.8) is 0 Å². The van der Waals surface area contributed by atoms with Gasteiger partial charge in [-0.1, -0.05) is 32.9 Å². The number of ether oxygens (including phenoxy) is 4. The molecule has 1 aromatic rings. The van der Waals surface area contributed by atoms with Crippen LogP contribution in [0.5, 0.6) is 0 Å². The Morgan fingerprint density at radius 1 is 1.15 bits per heavy atom. The van der Waals surface area contributed by atoms with Gasteiger partial charge in [0.2, 0.25) is 0 Å². The molecular formula is C29H42F2N2O7. The van der Waals surface area contributed by atoms with Crippen molar-refractivity contribution in [2.75, 3.05) is 27.9 Å². The molecule has 0 bridgehead atoms. The summed E-state index contributed by atoms with van der Waals surface area (Å²) in [7, 11) is 4.63. The summed E-state index contributed by atoms with van der Waals surface area (Å²) in [6.45, 7) is 7.63. The van der Waals surface area contributed by atoms with Crippen LogP contribution in [0.15, 0.2) is 33.9 Å². The van der Waals surface area contributed by atoms with Crippen molar-refractivity contribution in [2.24, 2.45) is 10.8 Å². The lowest BCUT2D eigenvalue weighted by Crippen LogP contribution is -2.62. The first-order valence-corrected chi connectivity index (χ1v) is 13.7. The van der Waals surface area contributed by atoms with Gasteiger partial charge in [0.15, 0.2) is 17.3 Å². The van der Waals surface area contributed by atoms with Gasteiger partial charge in [0, 0.05) is 32.2 Å². The standard InChI is InChI=1S/C29H42F2N2O7/c1-26(2)15-27(3,4)17-28(35,16-26)29(30,31)25(34)33-10-8-9-21(33)20-11-19(40-32-20)14-39-18-12-22(36-5)24(38-7)23(13-18)37-6/h11-12,21,23,35H,8-10,13-17H2,1-7H3/t21-,23?/m0/s1. The molecule has 0 radical (unpaired) electrons. The molecule has 1 aromatic heterocycles. The summed E-state index contributed by atoms with van der Waals surface area (Å²) in [5.41, 5.74) is -3.12. The molecule has 1 N–H and O–H groups in total. The zero-order valence-corrected chi connectivity index (χ0v) is 24.5. The van der Waals surface area contributed by atoms with Gasteiger partial charge in [-0.25, -0.2) is 0 Å². The Hall–Kier alpha value is -2.66. The van der Waals surface area contributed by atoms with E-state index in [9.17, 15) is 9.90 Å². The highest BCUT2D eigenvalue weighted by molar-refractivity contribution is 5.85. The van der Waals surface area contributed by atoms with E-state index in [-0.39, 0.29) is 32.1 Å². The summed E-state index contributed by atoms with van der Waals surface area (Å²) in [6.07, 6.45) is 3.14. The van der Waals surface area contributed by atoms with Crippen LogP contribution in [0.3, 0.4) is 0 Å². The molecule has 0 aromatic carbocycles. The Morgan fingerprint density at radius 2 is 1.82 bits per heavy atom. The van der Waals surface area contributed by atoms with Crippen LogP contribution in [0, 0.1) is 10.8 Å². The molecule has 3 aliphatic rings. The molecule has 4 rings (SSSR count). The average Bonchev–Trinajstić information content (AvgIpc) is 3.53. The Balaban J connectivity index is 1.47. The van der Waals surface area contributed by atoms with E-state index in [0.717, 1.165) is 4.90 Å². The monoisotopic (exact) mass is 568 g/mol. The van der Waals surface area contributed by atoms with Gasteiger partial charge in [-0.05, 0) is 42.9 Å². The third-order valence-electron chi connectivity index (χ3n) is 8.12. The topological polar surface area (TPSA) is 103 Å². The van der Waals surface area contributed by atoms with Crippen molar-refractivity contribution in [1.82, 2.24) is 10.1 Å². The normalized spacial score (nSPS) is 25.9. The number of allylic oxidation sites excluding steroid dienone is 1. The third kappa shape index (κ3) is 5.86. The van der Waals surface area contributed by atoms with E-state index in [2.05, 4.69) is 5.16 Å². The molecule has 1 amide bonds. The van der Waals surface area contributed by atoms with E-state index in [1.165, 1.54) is 7.11 Å². The fraction of sp³-hybridized carbons (Fsp3) is 0.724.